The van der Waals surface area contributed by atoms with Crippen LogP contribution < -0.4 is 25.5 Å². The molecule has 1 unspecified atom stereocenters. The first kappa shape index (κ1) is 31.1. The van der Waals surface area contributed by atoms with Gasteiger partial charge in [-0.05, 0) is 69.7 Å². The zero-order valence-corrected chi connectivity index (χ0v) is 29.6. The molecule has 0 aliphatic carbocycles. The third kappa shape index (κ3) is 4.80. The second-order valence-electron chi connectivity index (χ2n) is 13.4. The summed E-state index contributed by atoms with van der Waals surface area (Å²) in [6.45, 7) is 0. The smallest absolute Gasteiger partial charge is 0.189 e. The van der Waals surface area contributed by atoms with Crippen molar-refractivity contribution in [3.63, 3.8) is 0 Å². The molecular formula is C47H32FN3OSi. The second-order valence-corrected chi connectivity index (χ2v) is 17.1. The molecule has 0 radical (unpaired) electrons. The zero-order valence-electron chi connectivity index (χ0n) is 28.6. The van der Waals surface area contributed by atoms with Crippen LogP contribution in [0.25, 0.3) is 38.9 Å². The molecule has 1 aliphatic heterocycles. The number of aromatic nitrogens is 3. The van der Waals surface area contributed by atoms with E-state index in [0.717, 1.165) is 55.0 Å². The van der Waals surface area contributed by atoms with Crippen LogP contribution in [0.1, 0.15) is 17.3 Å². The molecule has 10 rings (SSSR count). The largest absolute Gasteiger partial charge is 0.457 e. The van der Waals surface area contributed by atoms with Crippen molar-refractivity contribution in [2.75, 3.05) is 0 Å². The summed E-state index contributed by atoms with van der Waals surface area (Å²) >= 11 is 0. The van der Waals surface area contributed by atoms with E-state index < -0.39 is 14.2 Å². The first-order valence-electron chi connectivity index (χ1n) is 17.8. The Morgan fingerprint density at radius 1 is 0.585 bits per heavy atom. The van der Waals surface area contributed by atoms with Crippen molar-refractivity contribution in [3.05, 3.63) is 199 Å². The highest BCUT2D eigenvalue weighted by atomic mass is 28.3. The van der Waals surface area contributed by atoms with Crippen molar-refractivity contribution >= 4 is 50.6 Å². The van der Waals surface area contributed by atoms with Crippen LogP contribution in [0, 0.1) is 0 Å². The minimum absolute atomic E-state index is 0.476. The number of hydrogen-bond acceptors (Lipinski definition) is 3. The van der Waals surface area contributed by atoms with E-state index in [1.165, 1.54) is 10.4 Å². The number of fused-ring (bicyclic) bond motifs is 6. The highest BCUT2D eigenvalue weighted by Gasteiger charge is 2.50. The van der Waals surface area contributed by atoms with Crippen LogP contribution >= 0.6 is 0 Å². The number of pyridine rings is 2. The zero-order chi connectivity index (χ0) is 35.4. The van der Waals surface area contributed by atoms with Gasteiger partial charge in [0.15, 0.2) is 14.2 Å². The first-order valence-corrected chi connectivity index (χ1v) is 19.8. The Kier molecular flexibility index (Phi) is 7.37. The standard InChI is InChI=1S/C47H32FN3OSi/c48-45(33-17-15-16-32(30-33)38-23-11-13-28-49-38)37-31-40-44(36-22-7-8-24-39(36)51(40)43-27-12-14-29-50-43)47-46(37)52-41-25-9-10-26-42(41)53(47,34-18-3-1-4-19-34)35-20-5-2-6-21-35/h1-31,45H. The molecule has 6 aromatic carbocycles. The van der Waals surface area contributed by atoms with Gasteiger partial charge in [0.25, 0.3) is 0 Å². The Morgan fingerprint density at radius 2 is 1.26 bits per heavy atom. The maximum atomic E-state index is 18.0. The van der Waals surface area contributed by atoms with Gasteiger partial charge in [0.2, 0.25) is 0 Å². The lowest BCUT2D eigenvalue weighted by Crippen LogP contribution is -2.76. The van der Waals surface area contributed by atoms with Gasteiger partial charge in [-0.25, -0.2) is 9.37 Å². The van der Waals surface area contributed by atoms with Crippen LogP contribution in [0.3, 0.4) is 0 Å². The van der Waals surface area contributed by atoms with E-state index in [4.69, 9.17) is 9.72 Å². The maximum absolute atomic E-state index is 18.0. The molecule has 53 heavy (non-hydrogen) atoms. The summed E-state index contributed by atoms with van der Waals surface area (Å²) in [5, 5.41) is 6.68. The number of halogens is 1. The lowest BCUT2D eigenvalue weighted by molar-refractivity contribution is 0.384. The number of para-hydroxylation sites is 2. The van der Waals surface area contributed by atoms with Gasteiger partial charge in [0.1, 0.15) is 17.3 Å². The SMILES string of the molecule is FC(c1cccc(-c2ccccn2)c1)c1cc2c(c3c1Oc1ccccc1[Si]3(c1ccccc1)c1ccccc1)c1ccccc1n2-c1ccccn1. The van der Waals surface area contributed by atoms with Crippen LogP contribution in [0.5, 0.6) is 11.5 Å². The molecule has 0 saturated carbocycles. The molecule has 252 valence electrons. The first-order chi connectivity index (χ1) is 26.2. The van der Waals surface area contributed by atoms with Crippen LogP contribution in [0.15, 0.2) is 188 Å². The van der Waals surface area contributed by atoms with Gasteiger partial charge < -0.3 is 4.74 Å². The molecular weight excluding hydrogens is 670 g/mol. The monoisotopic (exact) mass is 701 g/mol. The number of hydrogen-bond donors (Lipinski definition) is 0. The highest BCUT2D eigenvalue weighted by molar-refractivity contribution is 7.21. The fraction of sp³-hybridized carbons (Fsp3) is 0.0213. The van der Waals surface area contributed by atoms with Crippen molar-refractivity contribution in [2.45, 2.75) is 6.17 Å². The molecule has 0 fully saturated rings. The minimum atomic E-state index is -3.22. The van der Waals surface area contributed by atoms with Gasteiger partial charge in [-0.2, -0.15) is 0 Å². The molecule has 4 nitrogen and oxygen atoms in total. The van der Waals surface area contributed by atoms with E-state index in [9.17, 15) is 0 Å². The van der Waals surface area contributed by atoms with E-state index in [-0.39, 0.29) is 0 Å². The van der Waals surface area contributed by atoms with E-state index in [1.807, 2.05) is 85.1 Å². The molecule has 0 saturated heterocycles. The van der Waals surface area contributed by atoms with Crippen molar-refractivity contribution < 1.29 is 9.13 Å². The number of rotatable bonds is 6. The summed E-state index contributed by atoms with van der Waals surface area (Å²) in [4.78, 5) is 9.40. The normalized spacial score (nSPS) is 13.6. The predicted octanol–water partition coefficient (Wildman–Crippen LogP) is 8.78. The molecule has 0 N–H and O–H groups in total. The lowest BCUT2D eigenvalue weighted by atomic mass is 9.97. The van der Waals surface area contributed by atoms with Crippen LogP contribution in [-0.2, 0) is 0 Å². The van der Waals surface area contributed by atoms with Gasteiger partial charge in [0.05, 0.1) is 16.7 Å². The highest BCUT2D eigenvalue weighted by Crippen LogP contribution is 2.44. The van der Waals surface area contributed by atoms with Crippen molar-refractivity contribution in [2.24, 2.45) is 0 Å². The summed E-state index contributed by atoms with van der Waals surface area (Å²) in [5.74, 6) is 2.10. The minimum Gasteiger partial charge on any atom is -0.457 e. The second kappa shape index (κ2) is 12.5. The predicted molar refractivity (Wildman–Crippen MR) is 215 cm³/mol. The quantitative estimate of drug-likeness (QED) is 0.163. The number of ether oxygens (including phenoxy) is 1. The molecule has 4 heterocycles. The third-order valence-corrected chi connectivity index (χ3v) is 15.4. The number of nitrogens with zero attached hydrogens (tertiary/aromatic N) is 3. The van der Waals surface area contributed by atoms with Gasteiger partial charge in [-0.3, -0.25) is 9.55 Å². The molecule has 0 bridgehead atoms. The molecule has 3 aromatic heterocycles. The molecule has 1 atom stereocenters. The molecule has 0 amide bonds. The van der Waals surface area contributed by atoms with E-state index in [1.54, 1.807) is 6.20 Å². The van der Waals surface area contributed by atoms with Gasteiger partial charge in [0, 0.05) is 39.5 Å². The average Bonchev–Trinajstić information content (AvgIpc) is 3.57. The maximum Gasteiger partial charge on any atom is 0.189 e. The summed E-state index contributed by atoms with van der Waals surface area (Å²) in [7, 11) is -3.22. The Hall–Kier alpha value is -6.63. The molecule has 9 aromatic rings. The van der Waals surface area contributed by atoms with Crippen molar-refractivity contribution in [1.82, 2.24) is 14.5 Å². The summed E-state index contributed by atoms with van der Waals surface area (Å²) < 4.78 is 27.3. The fourth-order valence-corrected chi connectivity index (χ4v) is 13.6. The van der Waals surface area contributed by atoms with Crippen LogP contribution in [0.2, 0.25) is 0 Å². The van der Waals surface area contributed by atoms with E-state index in [0.29, 0.717) is 16.9 Å². The van der Waals surface area contributed by atoms with Gasteiger partial charge in [-0.15, -0.1) is 0 Å². The Bertz CT molecular complexity index is 2730. The van der Waals surface area contributed by atoms with Crippen molar-refractivity contribution in [1.29, 1.82) is 0 Å². The number of benzene rings is 6. The van der Waals surface area contributed by atoms with Crippen LogP contribution in [0.4, 0.5) is 4.39 Å². The molecule has 6 heteroatoms. The summed E-state index contributed by atoms with van der Waals surface area (Å²) in [6.07, 6.45) is 2.05. The lowest BCUT2D eigenvalue weighted by Gasteiger charge is -2.41. The fourth-order valence-electron chi connectivity index (χ4n) is 8.34. The van der Waals surface area contributed by atoms with Crippen LogP contribution in [-0.4, -0.2) is 22.6 Å². The molecule has 0 spiro atoms. The summed E-state index contributed by atoms with van der Waals surface area (Å²) in [5.41, 5.74) is 4.53. The average molecular weight is 702 g/mol. The van der Waals surface area contributed by atoms with Gasteiger partial charge in [-0.1, -0.05) is 127 Å². The van der Waals surface area contributed by atoms with Gasteiger partial charge >= 0.3 is 0 Å². The third-order valence-electron chi connectivity index (χ3n) is 10.5. The molecule has 1 aliphatic rings. The Morgan fingerprint density at radius 3 is 2.00 bits per heavy atom. The van der Waals surface area contributed by atoms with E-state index in [2.05, 4.69) is 107 Å². The topological polar surface area (TPSA) is 39.9 Å². The van der Waals surface area contributed by atoms with E-state index >= 15 is 4.39 Å². The Balaban J connectivity index is 1.40. The summed E-state index contributed by atoms with van der Waals surface area (Å²) in [6, 6.07) is 59.7. The Labute approximate surface area is 307 Å². The van der Waals surface area contributed by atoms with Crippen molar-refractivity contribution in [3.8, 4) is 28.6 Å². The number of alkyl halides is 1.